The van der Waals surface area contributed by atoms with Gasteiger partial charge in [-0.15, -0.1) is 0 Å². The minimum atomic E-state index is -3.90. The van der Waals surface area contributed by atoms with Gasteiger partial charge in [-0.05, 0) is 40.0 Å². The molecular formula is C11H23NO5S. The number of rotatable bonds is 7. The number of esters is 1. The summed E-state index contributed by atoms with van der Waals surface area (Å²) in [6, 6.07) is 0. The van der Waals surface area contributed by atoms with Crippen molar-refractivity contribution < 1.29 is 22.5 Å². The minimum Gasteiger partial charge on any atom is -0.456 e. The summed E-state index contributed by atoms with van der Waals surface area (Å²) in [5, 5.41) is 0. The third-order valence-corrected chi connectivity index (χ3v) is 2.95. The van der Waals surface area contributed by atoms with E-state index >= 15 is 0 Å². The van der Waals surface area contributed by atoms with E-state index in [1.54, 1.807) is 20.8 Å². The molecule has 0 atom stereocenters. The number of ether oxygens (including phenoxy) is 1. The zero-order valence-electron chi connectivity index (χ0n) is 11.2. The lowest BCUT2D eigenvalue weighted by Crippen LogP contribution is -2.28. The Bertz CT molecular complexity index is 386. The molecule has 0 bridgehead atoms. The average molecular weight is 281 g/mol. The number of carbonyl (C=O) groups excluding carboxylic acids is 1. The van der Waals surface area contributed by atoms with Crippen LogP contribution in [-0.2, 0) is 19.6 Å². The number of unbranched alkanes of at least 4 members (excludes halogenated alkanes) is 1. The smallest absolute Gasteiger partial charge is 0.333 e. The van der Waals surface area contributed by atoms with E-state index in [1.807, 2.05) is 0 Å². The van der Waals surface area contributed by atoms with Crippen LogP contribution in [0.5, 0.6) is 0 Å². The lowest BCUT2D eigenvalue weighted by atomic mass is 10.0. The van der Waals surface area contributed by atoms with Gasteiger partial charge >= 0.3 is 5.97 Å². The molecule has 18 heavy (non-hydrogen) atoms. The predicted octanol–water partition coefficient (Wildman–Crippen LogP) is 2.10. The topological polar surface area (TPSA) is 116 Å². The molecule has 0 aromatic rings. The second-order valence-electron chi connectivity index (χ2n) is 4.67. The molecule has 0 aromatic heterocycles. The Morgan fingerprint density at radius 1 is 1.33 bits per heavy atom. The molecule has 0 radical (unpaired) electrons. The van der Waals surface area contributed by atoms with Crippen molar-refractivity contribution in [2.75, 3.05) is 5.75 Å². The van der Waals surface area contributed by atoms with Gasteiger partial charge in [-0.3, -0.25) is 4.55 Å². The summed E-state index contributed by atoms with van der Waals surface area (Å²) < 4.78 is 34.7. The van der Waals surface area contributed by atoms with E-state index in [4.69, 9.17) is 9.29 Å². The summed E-state index contributed by atoms with van der Waals surface area (Å²) in [5.41, 5.74) is -0.328. The molecule has 0 saturated heterocycles. The minimum absolute atomic E-state index is 0. The Hall–Kier alpha value is -0.920. The molecule has 0 aliphatic heterocycles. The quantitative estimate of drug-likeness (QED) is 0.319. The van der Waals surface area contributed by atoms with Gasteiger partial charge in [0.25, 0.3) is 10.1 Å². The van der Waals surface area contributed by atoms with Crippen molar-refractivity contribution >= 4 is 16.1 Å². The Morgan fingerprint density at radius 3 is 2.22 bits per heavy atom. The lowest BCUT2D eigenvalue weighted by Gasteiger charge is -2.25. The fourth-order valence-corrected chi connectivity index (χ4v) is 1.79. The monoisotopic (exact) mass is 281 g/mol. The number of hydrogen-bond donors (Lipinski definition) is 2. The first-order valence-electron chi connectivity index (χ1n) is 5.37. The SMILES string of the molecule is C=C(C)C(=O)OC(C)(C)CCCCS(=O)(=O)O.N. The van der Waals surface area contributed by atoms with Crippen LogP contribution in [-0.4, -0.2) is 30.3 Å². The van der Waals surface area contributed by atoms with Crippen LogP contribution in [0.2, 0.25) is 0 Å². The van der Waals surface area contributed by atoms with Gasteiger partial charge in [0.05, 0.1) is 5.75 Å². The normalized spacial score (nSPS) is 11.6. The Labute approximate surface area is 109 Å². The maximum atomic E-state index is 11.3. The third kappa shape index (κ3) is 10.2. The van der Waals surface area contributed by atoms with Gasteiger partial charge in [-0.1, -0.05) is 6.58 Å². The van der Waals surface area contributed by atoms with Crippen molar-refractivity contribution in [1.82, 2.24) is 6.15 Å². The van der Waals surface area contributed by atoms with Crippen molar-refractivity contribution in [3.63, 3.8) is 0 Å². The van der Waals surface area contributed by atoms with Gasteiger partial charge in [0.1, 0.15) is 5.60 Å². The molecule has 0 unspecified atom stereocenters. The first-order valence-corrected chi connectivity index (χ1v) is 6.98. The standard InChI is InChI=1S/C11H20O5S.H3N/c1-9(2)10(12)16-11(3,4)7-5-6-8-17(13,14)15;/h1,5-8H2,2-4H3,(H,13,14,15);1H3. The van der Waals surface area contributed by atoms with E-state index in [2.05, 4.69) is 6.58 Å². The molecule has 108 valence electrons. The van der Waals surface area contributed by atoms with Crippen LogP contribution in [0, 0.1) is 0 Å². The van der Waals surface area contributed by atoms with Gasteiger partial charge in [-0.2, -0.15) is 8.42 Å². The van der Waals surface area contributed by atoms with Crippen LogP contribution >= 0.6 is 0 Å². The summed E-state index contributed by atoms with van der Waals surface area (Å²) in [4.78, 5) is 11.3. The molecule has 6 nitrogen and oxygen atoms in total. The molecule has 0 spiro atoms. The zero-order chi connectivity index (χ0) is 13.7. The summed E-state index contributed by atoms with van der Waals surface area (Å²) in [6.07, 6.45) is 1.42. The highest BCUT2D eigenvalue weighted by atomic mass is 32.2. The Morgan fingerprint density at radius 2 is 1.83 bits per heavy atom. The van der Waals surface area contributed by atoms with Crippen LogP contribution < -0.4 is 6.15 Å². The van der Waals surface area contributed by atoms with Crippen LogP contribution in [0.3, 0.4) is 0 Å². The first kappa shape index (κ1) is 19.4. The molecule has 0 saturated carbocycles. The molecule has 0 fully saturated rings. The molecule has 0 heterocycles. The van der Waals surface area contributed by atoms with Crippen molar-refractivity contribution in [3.8, 4) is 0 Å². The Balaban J connectivity index is 0. The lowest BCUT2D eigenvalue weighted by molar-refractivity contribution is -0.152. The van der Waals surface area contributed by atoms with Gasteiger partial charge in [0.2, 0.25) is 0 Å². The van der Waals surface area contributed by atoms with E-state index < -0.39 is 21.7 Å². The molecule has 7 heteroatoms. The highest BCUT2D eigenvalue weighted by Gasteiger charge is 2.22. The zero-order valence-corrected chi connectivity index (χ0v) is 12.0. The van der Waals surface area contributed by atoms with Gasteiger partial charge in [0.15, 0.2) is 0 Å². The van der Waals surface area contributed by atoms with E-state index in [1.165, 1.54) is 0 Å². The summed E-state index contributed by atoms with van der Waals surface area (Å²) >= 11 is 0. The second-order valence-corrected chi connectivity index (χ2v) is 6.24. The van der Waals surface area contributed by atoms with E-state index in [0.717, 1.165) is 0 Å². The highest BCUT2D eigenvalue weighted by Crippen LogP contribution is 2.19. The van der Waals surface area contributed by atoms with Crippen LogP contribution in [0.15, 0.2) is 12.2 Å². The number of hydrogen-bond acceptors (Lipinski definition) is 5. The van der Waals surface area contributed by atoms with Crippen LogP contribution in [0.1, 0.15) is 40.0 Å². The summed E-state index contributed by atoms with van der Waals surface area (Å²) in [6.45, 7) is 8.55. The van der Waals surface area contributed by atoms with Crippen LogP contribution in [0.25, 0.3) is 0 Å². The van der Waals surface area contributed by atoms with Crippen molar-refractivity contribution in [2.24, 2.45) is 0 Å². The van der Waals surface area contributed by atoms with E-state index in [9.17, 15) is 13.2 Å². The van der Waals surface area contributed by atoms with Gasteiger partial charge in [-0.25, -0.2) is 4.79 Å². The van der Waals surface area contributed by atoms with Crippen molar-refractivity contribution in [1.29, 1.82) is 0 Å². The largest absolute Gasteiger partial charge is 0.456 e. The predicted molar refractivity (Wildman–Crippen MR) is 70.3 cm³/mol. The molecule has 0 amide bonds. The molecule has 0 aromatic carbocycles. The van der Waals surface area contributed by atoms with Crippen molar-refractivity contribution in [2.45, 2.75) is 45.6 Å². The molecule has 0 aliphatic rings. The highest BCUT2D eigenvalue weighted by molar-refractivity contribution is 7.85. The fourth-order valence-electron chi connectivity index (χ4n) is 1.22. The van der Waals surface area contributed by atoms with Gasteiger partial charge in [0, 0.05) is 5.57 Å². The van der Waals surface area contributed by atoms with Crippen molar-refractivity contribution in [3.05, 3.63) is 12.2 Å². The maximum Gasteiger partial charge on any atom is 0.333 e. The van der Waals surface area contributed by atoms with E-state index in [0.29, 0.717) is 24.8 Å². The third-order valence-electron chi connectivity index (χ3n) is 2.15. The summed E-state index contributed by atoms with van der Waals surface area (Å²) in [7, 11) is -3.90. The second kappa shape index (κ2) is 7.50. The fraction of sp³-hybridized carbons (Fsp3) is 0.727. The Kier molecular flexibility index (Phi) is 8.09. The summed E-state index contributed by atoms with van der Waals surface area (Å²) in [5.74, 6) is -0.720. The number of carbonyl (C=O) groups is 1. The molecular weight excluding hydrogens is 258 g/mol. The molecule has 4 N–H and O–H groups in total. The van der Waals surface area contributed by atoms with Gasteiger partial charge < -0.3 is 10.9 Å². The molecule has 0 aliphatic carbocycles. The van der Waals surface area contributed by atoms with E-state index in [-0.39, 0.29) is 11.9 Å². The first-order chi connectivity index (χ1) is 7.53. The van der Waals surface area contributed by atoms with Crippen LogP contribution in [0.4, 0.5) is 0 Å². The molecule has 0 rings (SSSR count). The maximum absolute atomic E-state index is 11.3. The average Bonchev–Trinajstić information content (AvgIpc) is 2.10.